The minimum Gasteiger partial charge on any atom is -0.399 e. The van der Waals surface area contributed by atoms with E-state index in [4.69, 9.17) is 10.7 Å². The number of hydrogen-bond acceptors (Lipinski definition) is 4. The number of nitrogen functional groups attached to an aromatic ring is 1. The Bertz CT molecular complexity index is 1250. The van der Waals surface area contributed by atoms with E-state index in [1.165, 1.54) is 0 Å². The summed E-state index contributed by atoms with van der Waals surface area (Å²) < 4.78 is 41.1. The van der Waals surface area contributed by atoms with Crippen molar-refractivity contribution in [3.8, 4) is 11.1 Å². The number of imidazole rings is 1. The van der Waals surface area contributed by atoms with Gasteiger partial charge in [-0.05, 0) is 41.5 Å². The van der Waals surface area contributed by atoms with Crippen LogP contribution in [0.1, 0.15) is 11.1 Å². The second-order valence-corrected chi connectivity index (χ2v) is 8.22. The molecule has 1 saturated heterocycles. The molecule has 0 amide bonds. The van der Waals surface area contributed by atoms with Gasteiger partial charge >= 0.3 is 6.18 Å². The van der Waals surface area contributed by atoms with E-state index in [9.17, 15) is 13.2 Å². The summed E-state index contributed by atoms with van der Waals surface area (Å²) in [5.41, 5.74) is 10.5. The predicted octanol–water partition coefficient (Wildman–Crippen LogP) is 4.76. The fourth-order valence-corrected chi connectivity index (χ4v) is 4.27. The average Bonchev–Trinajstić information content (AvgIpc) is 3.18. The van der Waals surface area contributed by atoms with Crippen LogP contribution >= 0.6 is 0 Å². The Kier molecular flexibility index (Phi) is 5.46. The molecule has 4 aromatic rings. The predicted molar refractivity (Wildman–Crippen MR) is 125 cm³/mol. The van der Waals surface area contributed by atoms with Crippen LogP contribution in [0.5, 0.6) is 0 Å². The number of piperazine rings is 1. The van der Waals surface area contributed by atoms with Crippen LogP contribution < -0.4 is 16.0 Å². The number of rotatable bonds is 4. The molecule has 0 bridgehead atoms. The normalized spacial score (nSPS) is 14.7. The van der Waals surface area contributed by atoms with Crippen molar-refractivity contribution in [2.24, 2.45) is 0 Å². The maximum absolute atomic E-state index is 13.0. The lowest BCUT2D eigenvalue weighted by molar-refractivity contribution is -0.137. The molecule has 0 radical (unpaired) electrons. The summed E-state index contributed by atoms with van der Waals surface area (Å²) in [5, 5.41) is 3.35. The molecule has 0 atom stereocenters. The number of fused-ring (bicyclic) bond motifs is 1. The Labute approximate surface area is 189 Å². The summed E-state index contributed by atoms with van der Waals surface area (Å²) in [6, 6.07) is 19.1. The van der Waals surface area contributed by atoms with E-state index in [0.29, 0.717) is 12.2 Å². The minimum absolute atomic E-state index is 0.430. The number of aromatic nitrogens is 2. The van der Waals surface area contributed by atoms with Gasteiger partial charge in [-0.15, -0.1) is 0 Å². The fraction of sp³-hybridized carbons (Fsp3) is 0.240. The smallest absolute Gasteiger partial charge is 0.399 e. The Morgan fingerprint density at radius 1 is 0.909 bits per heavy atom. The van der Waals surface area contributed by atoms with Crippen LogP contribution in [0.3, 0.4) is 0 Å². The van der Waals surface area contributed by atoms with Gasteiger partial charge in [0.15, 0.2) is 0 Å². The highest BCUT2D eigenvalue weighted by Crippen LogP contribution is 2.33. The van der Waals surface area contributed by atoms with Gasteiger partial charge < -0.3 is 20.5 Å². The molecule has 3 N–H and O–H groups in total. The zero-order valence-electron chi connectivity index (χ0n) is 17.9. The summed E-state index contributed by atoms with van der Waals surface area (Å²) in [6.45, 7) is 3.77. The van der Waals surface area contributed by atoms with Crippen molar-refractivity contribution in [3.63, 3.8) is 0 Å². The first-order valence-electron chi connectivity index (χ1n) is 10.9. The molecule has 33 heavy (non-hydrogen) atoms. The van der Waals surface area contributed by atoms with Gasteiger partial charge in [-0.2, -0.15) is 13.2 Å². The van der Waals surface area contributed by atoms with Gasteiger partial charge in [-0.3, -0.25) is 0 Å². The number of para-hydroxylation sites is 1. The van der Waals surface area contributed by atoms with Gasteiger partial charge in [0, 0.05) is 37.4 Å². The molecular weight excluding hydrogens is 427 g/mol. The molecule has 8 heteroatoms. The summed E-state index contributed by atoms with van der Waals surface area (Å²) in [5.74, 6) is 0.828. The Morgan fingerprint density at radius 3 is 2.27 bits per heavy atom. The van der Waals surface area contributed by atoms with E-state index in [1.807, 2.05) is 42.5 Å². The van der Waals surface area contributed by atoms with Crippen LogP contribution in [0.4, 0.5) is 24.8 Å². The highest BCUT2D eigenvalue weighted by atomic mass is 19.4. The third-order valence-electron chi connectivity index (χ3n) is 6.00. The number of alkyl halides is 3. The summed E-state index contributed by atoms with van der Waals surface area (Å²) in [6.07, 6.45) is -4.35. The molecule has 0 spiro atoms. The summed E-state index contributed by atoms with van der Waals surface area (Å²) in [7, 11) is 0. The first-order valence-corrected chi connectivity index (χ1v) is 10.9. The molecule has 3 aromatic carbocycles. The Hall–Kier alpha value is -3.52. The lowest BCUT2D eigenvalue weighted by Gasteiger charge is -2.29. The second-order valence-electron chi connectivity index (χ2n) is 8.22. The first kappa shape index (κ1) is 21.3. The molecule has 1 aromatic heterocycles. The lowest BCUT2D eigenvalue weighted by Crippen LogP contribution is -2.44. The number of nitrogens with zero attached hydrogens (tertiary/aromatic N) is 3. The molecular formula is C25H24F3N5. The van der Waals surface area contributed by atoms with Crippen molar-refractivity contribution in [3.05, 3.63) is 77.9 Å². The number of anilines is 2. The van der Waals surface area contributed by atoms with Gasteiger partial charge in [-0.25, -0.2) is 4.98 Å². The van der Waals surface area contributed by atoms with Crippen molar-refractivity contribution < 1.29 is 13.2 Å². The van der Waals surface area contributed by atoms with Crippen molar-refractivity contribution in [1.29, 1.82) is 0 Å². The van der Waals surface area contributed by atoms with Gasteiger partial charge in [0.05, 0.1) is 23.1 Å². The number of halogens is 3. The number of hydrogen-bond donors (Lipinski definition) is 2. The number of nitrogens with one attached hydrogen (secondary N) is 1. The van der Waals surface area contributed by atoms with E-state index < -0.39 is 11.7 Å². The second kappa shape index (κ2) is 8.44. The topological polar surface area (TPSA) is 59.1 Å². The molecule has 1 aliphatic rings. The van der Waals surface area contributed by atoms with Crippen molar-refractivity contribution in [2.75, 3.05) is 36.8 Å². The summed E-state index contributed by atoms with van der Waals surface area (Å²) in [4.78, 5) is 7.27. The Morgan fingerprint density at radius 2 is 1.61 bits per heavy atom. The molecule has 1 fully saturated rings. The van der Waals surface area contributed by atoms with Crippen LogP contribution in [0.25, 0.3) is 22.2 Å². The molecule has 1 aliphatic heterocycles. The molecule has 0 unspecified atom stereocenters. The van der Waals surface area contributed by atoms with E-state index in [0.717, 1.165) is 72.0 Å². The SMILES string of the molecule is Nc1ccc(-c2cccc3c2nc(N2CCNCC2)n3Cc2ccc(C(F)(F)F)cc2)cc1. The van der Waals surface area contributed by atoms with Crippen LogP contribution in [0.2, 0.25) is 0 Å². The van der Waals surface area contributed by atoms with E-state index in [2.05, 4.69) is 14.8 Å². The standard InChI is InChI=1S/C25H24F3N5/c26-25(27,28)19-8-4-17(5-9-19)16-33-22-3-1-2-21(18-6-10-20(29)11-7-18)23(22)31-24(33)32-14-12-30-13-15-32/h1-11,30H,12-16,29H2. The van der Waals surface area contributed by atoms with E-state index >= 15 is 0 Å². The Balaban J connectivity index is 1.61. The van der Waals surface area contributed by atoms with Gasteiger partial charge in [0.1, 0.15) is 0 Å². The molecule has 170 valence electrons. The third-order valence-corrected chi connectivity index (χ3v) is 6.00. The monoisotopic (exact) mass is 451 g/mol. The van der Waals surface area contributed by atoms with Crippen LogP contribution in [-0.4, -0.2) is 35.7 Å². The van der Waals surface area contributed by atoms with Gasteiger partial charge in [-0.1, -0.05) is 36.4 Å². The number of benzene rings is 3. The van der Waals surface area contributed by atoms with E-state index in [1.54, 1.807) is 12.1 Å². The van der Waals surface area contributed by atoms with Crippen molar-refractivity contribution in [2.45, 2.75) is 12.7 Å². The zero-order chi connectivity index (χ0) is 23.0. The van der Waals surface area contributed by atoms with Crippen LogP contribution in [0, 0.1) is 0 Å². The molecule has 0 saturated carbocycles. The highest BCUT2D eigenvalue weighted by Gasteiger charge is 2.30. The first-order chi connectivity index (χ1) is 15.9. The minimum atomic E-state index is -4.35. The van der Waals surface area contributed by atoms with Crippen LogP contribution in [0.15, 0.2) is 66.7 Å². The third kappa shape index (κ3) is 4.26. The van der Waals surface area contributed by atoms with Gasteiger partial charge in [0.2, 0.25) is 5.95 Å². The maximum Gasteiger partial charge on any atom is 0.416 e. The molecule has 2 heterocycles. The average molecular weight is 451 g/mol. The quantitative estimate of drug-likeness (QED) is 0.439. The van der Waals surface area contributed by atoms with Gasteiger partial charge in [0.25, 0.3) is 0 Å². The zero-order valence-corrected chi connectivity index (χ0v) is 17.9. The maximum atomic E-state index is 13.0. The fourth-order valence-electron chi connectivity index (χ4n) is 4.27. The van der Waals surface area contributed by atoms with E-state index in [-0.39, 0.29) is 0 Å². The molecule has 5 nitrogen and oxygen atoms in total. The van der Waals surface area contributed by atoms with Crippen LogP contribution in [-0.2, 0) is 12.7 Å². The summed E-state index contributed by atoms with van der Waals surface area (Å²) >= 11 is 0. The van der Waals surface area contributed by atoms with Crippen molar-refractivity contribution in [1.82, 2.24) is 14.9 Å². The largest absolute Gasteiger partial charge is 0.416 e. The van der Waals surface area contributed by atoms with Crippen molar-refractivity contribution >= 4 is 22.7 Å². The highest BCUT2D eigenvalue weighted by molar-refractivity contribution is 5.94. The molecule has 0 aliphatic carbocycles. The number of nitrogens with two attached hydrogens (primary N) is 1. The molecule has 5 rings (SSSR count). The lowest BCUT2D eigenvalue weighted by atomic mass is 10.0.